The molecule has 3 heteroatoms. The van der Waals surface area contributed by atoms with Crippen LogP contribution in [0, 0.1) is 0 Å². The highest BCUT2D eigenvalue weighted by Gasteiger charge is 2.07. The largest absolute Gasteiger partial charge is 0.263 e. The van der Waals surface area contributed by atoms with Crippen LogP contribution in [0.25, 0.3) is 22.2 Å². The number of aromatic nitrogens is 1. The molecule has 3 heterocycles. The van der Waals surface area contributed by atoms with E-state index in [1.807, 2.05) is 30.6 Å². The Bertz CT molecular complexity index is 586. The van der Waals surface area contributed by atoms with Gasteiger partial charge in [0.05, 0.1) is 4.70 Å². The number of nitrogens with zero attached hydrogens (tertiary/aromatic N) is 2. The summed E-state index contributed by atoms with van der Waals surface area (Å²) >= 11 is 1.72. The van der Waals surface area contributed by atoms with Gasteiger partial charge in [-0.15, -0.1) is 11.3 Å². The van der Waals surface area contributed by atoms with E-state index in [1.165, 1.54) is 20.5 Å². The van der Waals surface area contributed by atoms with Gasteiger partial charge < -0.3 is 0 Å². The van der Waals surface area contributed by atoms with Crippen LogP contribution in [0.1, 0.15) is 10.4 Å². The SMILES string of the molecule is C1=Cc2sc3cnccc3c2C=CN=1. The average molecular weight is 198 g/mol. The summed E-state index contributed by atoms with van der Waals surface area (Å²) in [5, 5.41) is 1.24. The summed E-state index contributed by atoms with van der Waals surface area (Å²) in [7, 11) is 0. The number of hydrogen-bond donors (Lipinski definition) is 0. The van der Waals surface area contributed by atoms with Crippen molar-refractivity contribution in [1.29, 1.82) is 0 Å². The van der Waals surface area contributed by atoms with Crippen LogP contribution in [0.2, 0.25) is 0 Å². The third-order valence-electron chi connectivity index (χ3n) is 2.15. The Morgan fingerprint density at radius 1 is 1.36 bits per heavy atom. The van der Waals surface area contributed by atoms with E-state index in [-0.39, 0.29) is 0 Å². The minimum absolute atomic E-state index is 1.20. The lowest BCUT2D eigenvalue weighted by Crippen LogP contribution is -1.72. The molecule has 1 aliphatic heterocycles. The molecule has 0 aromatic carbocycles. The third kappa shape index (κ3) is 1.04. The number of pyridine rings is 1. The van der Waals surface area contributed by atoms with E-state index in [0.717, 1.165) is 0 Å². The Labute approximate surface area is 84.9 Å². The second-order valence-electron chi connectivity index (χ2n) is 2.97. The van der Waals surface area contributed by atoms with E-state index >= 15 is 0 Å². The van der Waals surface area contributed by atoms with Gasteiger partial charge in [-0.1, -0.05) is 0 Å². The Hall–Kier alpha value is -1.70. The van der Waals surface area contributed by atoms with E-state index in [0.29, 0.717) is 0 Å². The molecule has 0 aliphatic carbocycles. The van der Waals surface area contributed by atoms with Crippen molar-refractivity contribution in [3.05, 3.63) is 35.1 Å². The Kier molecular flexibility index (Phi) is 1.60. The summed E-state index contributed by atoms with van der Waals surface area (Å²) in [5.41, 5.74) is 1.22. The van der Waals surface area contributed by atoms with Crippen LogP contribution in [0.15, 0.2) is 29.7 Å². The van der Waals surface area contributed by atoms with Crippen molar-refractivity contribution in [3.63, 3.8) is 0 Å². The van der Waals surface area contributed by atoms with Crippen molar-refractivity contribution in [1.82, 2.24) is 4.98 Å². The zero-order valence-electron chi connectivity index (χ0n) is 7.27. The smallest absolute Gasteiger partial charge is 0.0539 e. The molecule has 0 spiro atoms. The summed E-state index contributed by atoms with van der Waals surface area (Å²) in [6.07, 6.45) is 9.42. The maximum Gasteiger partial charge on any atom is 0.0539 e. The topological polar surface area (TPSA) is 25.2 Å². The standard InChI is InChI=1S/C11H6N2S/c1-4-12-6-3-10-8(1)9-2-5-13-7-11(9)14-10/h1-5,7H. The number of fused-ring (bicyclic) bond motifs is 3. The van der Waals surface area contributed by atoms with Crippen molar-refractivity contribution < 1.29 is 0 Å². The highest BCUT2D eigenvalue weighted by molar-refractivity contribution is 7.20. The van der Waals surface area contributed by atoms with Crippen molar-refractivity contribution >= 4 is 39.4 Å². The first-order chi connectivity index (χ1) is 6.95. The van der Waals surface area contributed by atoms with Crippen molar-refractivity contribution in [3.8, 4) is 0 Å². The molecule has 3 rings (SSSR count). The first-order valence-electron chi connectivity index (χ1n) is 4.27. The summed E-state index contributed by atoms with van der Waals surface area (Å²) < 4.78 is 1.21. The molecule has 2 aromatic heterocycles. The van der Waals surface area contributed by atoms with Gasteiger partial charge in [-0.3, -0.25) is 4.98 Å². The molecule has 0 radical (unpaired) electrons. The zero-order valence-corrected chi connectivity index (χ0v) is 8.08. The monoisotopic (exact) mass is 198 g/mol. The Morgan fingerprint density at radius 2 is 2.36 bits per heavy atom. The van der Waals surface area contributed by atoms with E-state index < -0.39 is 0 Å². The van der Waals surface area contributed by atoms with Gasteiger partial charge in [0.25, 0.3) is 0 Å². The first-order valence-corrected chi connectivity index (χ1v) is 5.08. The van der Waals surface area contributed by atoms with Gasteiger partial charge >= 0.3 is 0 Å². The molecule has 0 saturated heterocycles. The molecule has 0 atom stereocenters. The lowest BCUT2D eigenvalue weighted by molar-refractivity contribution is 1.37. The molecule has 0 N–H and O–H groups in total. The predicted molar refractivity (Wildman–Crippen MR) is 60.6 cm³/mol. The van der Waals surface area contributed by atoms with E-state index in [4.69, 9.17) is 0 Å². The normalized spacial score (nSPS) is 13.1. The molecule has 0 unspecified atom stereocenters. The molecule has 0 saturated carbocycles. The fraction of sp³-hybridized carbons (Fsp3) is 0. The van der Waals surface area contributed by atoms with Gasteiger partial charge in [-0.05, 0) is 18.0 Å². The fourth-order valence-corrected chi connectivity index (χ4v) is 2.56. The first kappa shape index (κ1) is 7.68. The van der Waals surface area contributed by atoms with Gasteiger partial charge in [0.1, 0.15) is 0 Å². The van der Waals surface area contributed by atoms with Crippen LogP contribution < -0.4 is 0 Å². The lowest BCUT2D eigenvalue weighted by Gasteiger charge is -1.90. The fourth-order valence-electron chi connectivity index (χ4n) is 1.52. The maximum atomic E-state index is 4.11. The van der Waals surface area contributed by atoms with Gasteiger partial charge in [0, 0.05) is 40.5 Å². The molecule has 2 aromatic rings. The number of rotatable bonds is 0. The zero-order chi connectivity index (χ0) is 9.38. The molecule has 14 heavy (non-hydrogen) atoms. The number of thiophene rings is 1. The van der Waals surface area contributed by atoms with Gasteiger partial charge in [0.2, 0.25) is 0 Å². The Morgan fingerprint density at radius 3 is 3.36 bits per heavy atom. The van der Waals surface area contributed by atoms with Gasteiger partial charge in [0.15, 0.2) is 0 Å². The molecule has 2 nitrogen and oxygen atoms in total. The minimum Gasteiger partial charge on any atom is -0.263 e. The van der Waals surface area contributed by atoms with Crippen molar-refractivity contribution in [2.24, 2.45) is 4.99 Å². The summed E-state index contributed by atoms with van der Waals surface area (Å²) in [6.45, 7) is 0. The van der Waals surface area contributed by atoms with Crippen molar-refractivity contribution in [2.45, 2.75) is 0 Å². The molecular weight excluding hydrogens is 192 g/mol. The molecular formula is C11H6N2S. The molecule has 66 valence electrons. The summed E-state index contributed by atoms with van der Waals surface area (Å²) in [6, 6.07) is 2.04. The molecule has 1 aliphatic rings. The van der Waals surface area contributed by atoms with Crippen LogP contribution in [0.5, 0.6) is 0 Å². The summed E-state index contributed by atoms with van der Waals surface area (Å²) in [4.78, 5) is 9.28. The quantitative estimate of drug-likeness (QED) is 0.638. The second kappa shape index (κ2) is 2.91. The van der Waals surface area contributed by atoms with E-state index in [1.54, 1.807) is 17.5 Å². The van der Waals surface area contributed by atoms with E-state index in [2.05, 4.69) is 15.8 Å². The van der Waals surface area contributed by atoms with Crippen LogP contribution in [-0.2, 0) is 0 Å². The Balaban J connectivity index is 2.46. The number of hydrogen-bond acceptors (Lipinski definition) is 3. The molecule has 0 amide bonds. The highest BCUT2D eigenvalue weighted by atomic mass is 32.1. The minimum atomic E-state index is 1.20. The molecule has 0 bridgehead atoms. The van der Waals surface area contributed by atoms with Crippen LogP contribution in [0.4, 0.5) is 0 Å². The predicted octanol–water partition coefficient (Wildman–Crippen LogP) is 2.96. The van der Waals surface area contributed by atoms with E-state index in [9.17, 15) is 0 Å². The van der Waals surface area contributed by atoms with Crippen LogP contribution in [-0.4, -0.2) is 10.9 Å². The summed E-state index contributed by atoms with van der Waals surface area (Å²) in [5.74, 6) is 2.87. The molecule has 0 fully saturated rings. The van der Waals surface area contributed by atoms with Gasteiger partial charge in [-0.25, -0.2) is 4.99 Å². The third-order valence-corrected chi connectivity index (χ3v) is 3.25. The van der Waals surface area contributed by atoms with Crippen LogP contribution in [0.3, 0.4) is 0 Å². The second-order valence-corrected chi connectivity index (χ2v) is 4.05. The lowest BCUT2D eigenvalue weighted by atomic mass is 10.1. The maximum absolute atomic E-state index is 4.11. The average Bonchev–Trinajstić information content (AvgIpc) is 2.42. The highest BCUT2D eigenvalue weighted by Crippen LogP contribution is 2.32. The van der Waals surface area contributed by atoms with Crippen molar-refractivity contribution in [2.75, 3.05) is 0 Å². The number of aliphatic imine (C=N–C) groups is 1. The van der Waals surface area contributed by atoms with Gasteiger partial charge in [-0.2, -0.15) is 0 Å². The van der Waals surface area contributed by atoms with Crippen LogP contribution >= 0.6 is 11.3 Å².